The maximum atomic E-state index is 2.26. The number of pyridine rings is 2. The summed E-state index contributed by atoms with van der Waals surface area (Å²) in [5.74, 6) is 0. The van der Waals surface area contributed by atoms with Gasteiger partial charge in [-0.05, 0) is 35.0 Å². The maximum Gasteiger partial charge on any atom is 0.283 e. The molecule has 0 saturated carbocycles. The van der Waals surface area contributed by atoms with Crippen LogP contribution in [0, 0.1) is 0 Å². The van der Waals surface area contributed by atoms with E-state index in [4.69, 9.17) is 0 Å². The molecule has 0 fully saturated rings. The van der Waals surface area contributed by atoms with Gasteiger partial charge in [-0.1, -0.05) is 30.3 Å². The molecule has 0 N–H and O–H groups in total. The van der Waals surface area contributed by atoms with Crippen LogP contribution in [0.1, 0.15) is 0 Å². The van der Waals surface area contributed by atoms with E-state index in [9.17, 15) is 0 Å². The first kappa shape index (κ1) is 18.5. The number of hydrogen-bond acceptors (Lipinski definition) is 0. The van der Waals surface area contributed by atoms with Gasteiger partial charge in [0.15, 0.2) is 12.4 Å². The fourth-order valence-electron chi connectivity index (χ4n) is 3.40. The number of benzene rings is 2. The Morgan fingerprint density at radius 3 is 2.12 bits per heavy atom. The summed E-state index contributed by atoms with van der Waals surface area (Å²) in [6.07, 6.45) is 6.44. The normalized spacial score (nSPS) is 10.5. The molecule has 0 aliphatic carbocycles. The molecule has 0 amide bonds. The minimum Gasteiger partial charge on any atom is -1.00 e. The predicted molar refractivity (Wildman–Crippen MR) is 95.7 cm³/mol. The number of aromatic nitrogens is 2. The first-order valence-electron chi connectivity index (χ1n) is 8.13. The molecule has 0 spiro atoms. The second-order valence-electron chi connectivity index (χ2n) is 6.03. The van der Waals surface area contributed by atoms with E-state index in [0.29, 0.717) is 0 Å². The Hall–Kier alpha value is -2.30. The highest BCUT2D eigenvalue weighted by atomic mass is 79.9. The molecule has 5 rings (SSSR count). The SMILES string of the molecule is [Br-].[Br-].c1ccc2cc(-c3c[n+]4ccccc4c4cccc[n+]34)ccc2c1. The van der Waals surface area contributed by atoms with Gasteiger partial charge in [0.1, 0.15) is 0 Å². The van der Waals surface area contributed by atoms with E-state index in [1.54, 1.807) is 0 Å². The molecule has 0 atom stereocenters. The van der Waals surface area contributed by atoms with Crippen LogP contribution in [0.5, 0.6) is 0 Å². The topological polar surface area (TPSA) is 8.20 Å². The van der Waals surface area contributed by atoms with Crippen LogP contribution in [0.15, 0.2) is 97.5 Å². The van der Waals surface area contributed by atoms with E-state index < -0.39 is 0 Å². The lowest BCUT2D eigenvalue weighted by Gasteiger charge is -2.02. The Morgan fingerprint density at radius 1 is 0.577 bits per heavy atom. The summed E-state index contributed by atoms with van der Waals surface area (Å²) in [7, 11) is 0. The van der Waals surface area contributed by atoms with Crippen LogP contribution in [-0.2, 0) is 0 Å². The Labute approximate surface area is 172 Å². The van der Waals surface area contributed by atoms with Gasteiger partial charge in [-0.3, -0.25) is 0 Å². The number of rotatable bonds is 1. The molecular formula is C22H16Br2N2. The molecule has 4 heteroatoms. The molecule has 2 aromatic carbocycles. The van der Waals surface area contributed by atoms with Crippen LogP contribution in [0.4, 0.5) is 0 Å². The molecule has 0 unspecified atom stereocenters. The van der Waals surface area contributed by atoms with Crippen LogP contribution >= 0.6 is 0 Å². The van der Waals surface area contributed by atoms with Crippen LogP contribution in [0.2, 0.25) is 0 Å². The molecular weight excluding hydrogens is 452 g/mol. The summed E-state index contributed by atoms with van der Waals surface area (Å²) < 4.78 is 4.46. The van der Waals surface area contributed by atoms with Crippen molar-refractivity contribution in [3.05, 3.63) is 97.5 Å². The zero-order valence-corrected chi connectivity index (χ0v) is 17.1. The molecule has 128 valence electrons. The lowest BCUT2D eigenvalue weighted by atomic mass is 10.0. The number of hydrogen-bond donors (Lipinski definition) is 0. The Kier molecular flexibility index (Phi) is 5.35. The zero-order chi connectivity index (χ0) is 15.9. The van der Waals surface area contributed by atoms with Gasteiger partial charge >= 0.3 is 0 Å². The van der Waals surface area contributed by atoms with Gasteiger partial charge in [0.25, 0.3) is 16.7 Å². The van der Waals surface area contributed by atoms with Crippen molar-refractivity contribution in [2.75, 3.05) is 0 Å². The minimum absolute atomic E-state index is 0. The third kappa shape index (κ3) is 3.00. The Bertz CT molecular complexity index is 1220. The van der Waals surface area contributed by atoms with Gasteiger partial charge in [-0.25, -0.2) is 0 Å². The van der Waals surface area contributed by atoms with Gasteiger partial charge in [0.05, 0.1) is 5.56 Å². The number of fused-ring (bicyclic) bond motifs is 4. The second-order valence-corrected chi connectivity index (χ2v) is 6.03. The van der Waals surface area contributed by atoms with Gasteiger partial charge < -0.3 is 34.0 Å². The van der Waals surface area contributed by atoms with Crippen molar-refractivity contribution in [3.8, 4) is 11.3 Å². The lowest BCUT2D eigenvalue weighted by Crippen LogP contribution is -3.00. The van der Waals surface area contributed by atoms with E-state index >= 15 is 0 Å². The average molecular weight is 468 g/mol. The average Bonchev–Trinajstić information content (AvgIpc) is 2.67. The van der Waals surface area contributed by atoms with Gasteiger partial charge in [-0.15, -0.1) is 4.40 Å². The molecule has 5 aromatic rings. The van der Waals surface area contributed by atoms with Crippen LogP contribution in [0.25, 0.3) is 33.1 Å². The summed E-state index contributed by atoms with van der Waals surface area (Å²) in [4.78, 5) is 0. The molecule has 0 saturated heterocycles. The molecule has 2 nitrogen and oxygen atoms in total. The number of nitrogens with zero attached hydrogens (tertiary/aromatic N) is 2. The largest absolute Gasteiger partial charge is 1.00 e. The van der Waals surface area contributed by atoms with Crippen molar-refractivity contribution in [1.82, 2.24) is 0 Å². The lowest BCUT2D eigenvalue weighted by molar-refractivity contribution is -0.556. The van der Waals surface area contributed by atoms with Crippen molar-refractivity contribution < 1.29 is 42.8 Å². The van der Waals surface area contributed by atoms with Crippen molar-refractivity contribution in [2.24, 2.45) is 0 Å². The molecule has 3 aromatic heterocycles. The molecule has 0 aliphatic heterocycles. The first-order valence-corrected chi connectivity index (χ1v) is 8.13. The third-order valence-corrected chi connectivity index (χ3v) is 4.58. The van der Waals surface area contributed by atoms with Gasteiger partial charge in [0.2, 0.25) is 6.20 Å². The van der Waals surface area contributed by atoms with E-state index in [-0.39, 0.29) is 34.0 Å². The van der Waals surface area contributed by atoms with Crippen molar-refractivity contribution >= 4 is 21.8 Å². The summed E-state index contributed by atoms with van der Waals surface area (Å²) >= 11 is 0. The molecule has 0 radical (unpaired) electrons. The summed E-state index contributed by atoms with van der Waals surface area (Å²) in [5, 5.41) is 2.53. The highest BCUT2D eigenvalue weighted by Crippen LogP contribution is 2.22. The molecule has 3 heterocycles. The van der Waals surface area contributed by atoms with Crippen molar-refractivity contribution in [3.63, 3.8) is 0 Å². The fraction of sp³-hybridized carbons (Fsp3) is 0. The van der Waals surface area contributed by atoms with Gasteiger partial charge in [-0.2, -0.15) is 4.40 Å². The maximum absolute atomic E-state index is 2.26. The van der Waals surface area contributed by atoms with Crippen LogP contribution in [-0.4, -0.2) is 0 Å². The molecule has 0 bridgehead atoms. The van der Waals surface area contributed by atoms with Gasteiger partial charge in [0, 0.05) is 24.3 Å². The smallest absolute Gasteiger partial charge is 0.283 e. The zero-order valence-electron chi connectivity index (χ0n) is 13.9. The quantitative estimate of drug-likeness (QED) is 0.199. The monoisotopic (exact) mass is 466 g/mol. The van der Waals surface area contributed by atoms with Crippen LogP contribution < -0.4 is 42.8 Å². The second kappa shape index (κ2) is 7.52. The number of halogens is 2. The molecule has 26 heavy (non-hydrogen) atoms. The standard InChI is InChI=1S/C22H16N2.2BrH/c1-2-8-18-15-19(12-11-17(18)7-1)22-16-23-13-5-3-9-20(23)21-10-4-6-14-24(21)22;;/h1-16H;2*1H/q+2;;/p-2. The Balaban J connectivity index is 0.000000980. The summed E-state index contributed by atoms with van der Waals surface area (Å²) in [6.45, 7) is 0. The fourth-order valence-corrected chi connectivity index (χ4v) is 3.40. The highest BCUT2D eigenvalue weighted by Gasteiger charge is 2.21. The predicted octanol–water partition coefficient (Wildman–Crippen LogP) is -2.01. The minimum atomic E-state index is 0. The van der Waals surface area contributed by atoms with E-state index in [1.807, 2.05) is 0 Å². The van der Waals surface area contributed by atoms with E-state index in [2.05, 4.69) is 106 Å². The highest BCUT2D eigenvalue weighted by molar-refractivity contribution is 5.86. The first-order chi connectivity index (χ1) is 11.9. The van der Waals surface area contributed by atoms with Crippen molar-refractivity contribution in [2.45, 2.75) is 0 Å². The summed E-state index contributed by atoms with van der Waals surface area (Å²) in [6, 6.07) is 27.8. The van der Waals surface area contributed by atoms with E-state index in [0.717, 1.165) is 0 Å². The summed E-state index contributed by atoms with van der Waals surface area (Å²) in [5.41, 5.74) is 4.79. The van der Waals surface area contributed by atoms with E-state index in [1.165, 1.54) is 33.1 Å². The third-order valence-electron chi connectivity index (χ3n) is 4.58. The van der Waals surface area contributed by atoms with Crippen molar-refractivity contribution in [1.29, 1.82) is 0 Å². The molecule has 0 aliphatic rings. The van der Waals surface area contributed by atoms with Crippen LogP contribution in [0.3, 0.4) is 0 Å². The Morgan fingerprint density at radius 2 is 1.27 bits per heavy atom.